The lowest BCUT2D eigenvalue weighted by Gasteiger charge is -2.14. The van der Waals surface area contributed by atoms with Crippen molar-refractivity contribution in [3.63, 3.8) is 0 Å². The van der Waals surface area contributed by atoms with Crippen molar-refractivity contribution < 1.29 is 4.74 Å². The van der Waals surface area contributed by atoms with Crippen molar-refractivity contribution >= 4 is 16.3 Å². The van der Waals surface area contributed by atoms with Crippen LogP contribution in [0.2, 0.25) is 0 Å². The summed E-state index contributed by atoms with van der Waals surface area (Å²) in [7, 11) is 0. The summed E-state index contributed by atoms with van der Waals surface area (Å²) in [6, 6.07) is 8.39. The molecule has 158 valence electrons. The Labute approximate surface area is 180 Å². The SMILES string of the molecule is CCCCCCc1cn2cc(-c3ccc(O[C@H](C)CCCCCC)cc3)nc2s1. The Morgan fingerprint density at radius 2 is 1.66 bits per heavy atom. The molecule has 3 nitrogen and oxygen atoms in total. The molecular weight excluding hydrogens is 376 g/mol. The fourth-order valence-corrected chi connectivity index (χ4v) is 4.68. The van der Waals surface area contributed by atoms with Crippen LogP contribution < -0.4 is 4.74 Å². The fraction of sp³-hybridized carbons (Fsp3) is 0.560. The lowest BCUT2D eigenvalue weighted by Crippen LogP contribution is -2.11. The van der Waals surface area contributed by atoms with Gasteiger partial charge in [-0.25, -0.2) is 4.98 Å². The van der Waals surface area contributed by atoms with Gasteiger partial charge in [0.1, 0.15) is 5.75 Å². The van der Waals surface area contributed by atoms with Crippen LogP contribution in [0, 0.1) is 0 Å². The molecule has 2 aromatic heterocycles. The maximum atomic E-state index is 6.08. The van der Waals surface area contributed by atoms with Crippen molar-refractivity contribution in [3.05, 3.63) is 41.5 Å². The average molecular weight is 413 g/mol. The van der Waals surface area contributed by atoms with E-state index in [4.69, 9.17) is 9.72 Å². The minimum absolute atomic E-state index is 0.270. The van der Waals surface area contributed by atoms with Crippen LogP contribution in [-0.2, 0) is 6.42 Å². The molecule has 1 atom stereocenters. The molecule has 0 saturated heterocycles. The van der Waals surface area contributed by atoms with Crippen LogP contribution >= 0.6 is 11.3 Å². The van der Waals surface area contributed by atoms with E-state index >= 15 is 0 Å². The summed E-state index contributed by atoms with van der Waals surface area (Å²) in [6.07, 6.45) is 17.4. The van der Waals surface area contributed by atoms with Gasteiger partial charge in [-0.3, -0.25) is 4.40 Å². The summed E-state index contributed by atoms with van der Waals surface area (Å²) in [5, 5.41) is 0. The smallest absolute Gasteiger partial charge is 0.194 e. The number of nitrogens with zero attached hydrogens (tertiary/aromatic N) is 2. The number of hydrogen-bond donors (Lipinski definition) is 0. The van der Waals surface area contributed by atoms with Gasteiger partial charge in [0.15, 0.2) is 4.96 Å². The molecule has 0 N–H and O–H groups in total. The minimum atomic E-state index is 0.270. The first-order chi connectivity index (χ1) is 14.2. The molecular formula is C25H36N2OS. The van der Waals surface area contributed by atoms with Gasteiger partial charge in [-0.1, -0.05) is 52.4 Å². The molecule has 0 aliphatic carbocycles. The first-order valence-corrected chi connectivity index (χ1v) is 12.3. The summed E-state index contributed by atoms with van der Waals surface area (Å²) < 4.78 is 8.25. The molecule has 0 saturated carbocycles. The second kappa shape index (κ2) is 11.4. The number of aromatic nitrogens is 2. The third kappa shape index (κ3) is 6.60. The van der Waals surface area contributed by atoms with E-state index in [1.807, 2.05) is 11.3 Å². The maximum absolute atomic E-state index is 6.08. The second-order valence-electron chi connectivity index (χ2n) is 8.13. The number of hydrogen-bond acceptors (Lipinski definition) is 3. The predicted octanol–water partition coefficient (Wildman–Crippen LogP) is 7.92. The Balaban J connectivity index is 1.53. The molecule has 0 radical (unpaired) electrons. The maximum Gasteiger partial charge on any atom is 0.194 e. The van der Waals surface area contributed by atoms with Crippen molar-refractivity contribution in [1.82, 2.24) is 9.38 Å². The van der Waals surface area contributed by atoms with Crippen LogP contribution in [0.25, 0.3) is 16.2 Å². The molecule has 0 spiro atoms. The monoisotopic (exact) mass is 412 g/mol. The zero-order valence-corrected chi connectivity index (χ0v) is 19.1. The van der Waals surface area contributed by atoms with E-state index in [9.17, 15) is 0 Å². The number of benzene rings is 1. The second-order valence-corrected chi connectivity index (χ2v) is 9.22. The van der Waals surface area contributed by atoms with Crippen LogP contribution in [0.3, 0.4) is 0 Å². The van der Waals surface area contributed by atoms with Gasteiger partial charge < -0.3 is 4.74 Å². The summed E-state index contributed by atoms with van der Waals surface area (Å²) >= 11 is 1.82. The minimum Gasteiger partial charge on any atom is -0.491 e. The van der Waals surface area contributed by atoms with E-state index in [2.05, 4.69) is 61.8 Å². The lowest BCUT2D eigenvalue weighted by molar-refractivity contribution is 0.206. The van der Waals surface area contributed by atoms with E-state index in [-0.39, 0.29) is 6.10 Å². The highest BCUT2D eigenvalue weighted by Crippen LogP contribution is 2.27. The fourth-order valence-electron chi connectivity index (χ4n) is 3.68. The van der Waals surface area contributed by atoms with Crippen molar-refractivity contribution in [2.75, 3.05) is 0 Å². The Morgan fingerprint density at radius 3 is 2.34 bits per heavy atom. The van der Waals surface area contributed by atoms with Gasteiger partial charge in [-0.2, -0.15) is 0 Å². The third-order valence-corrected chi connectivity index (χ3v) is 6.49. The molecule has 2 heterocycles. The summed E-state index contributed by atoms with van der Waals surface area (Å²) in [5.41, 5.74) is 2.18. The van der Waals surface area contributed by atoms with Crippen LogP contribution in [0.1, 0.15) is 83.4 Å². The van der Waals surface area contributed by atoms with Gasteiger partial charge in [0.2, 0.25) is 0 Å². The predicted molar refractivity (Wildman–Crippen MR) is 125 cm³/mol. The molecule has 0 bridgehead atoms. The van der Waals surface area contributed by atoms with Crippen LogP contribution in [0.15, 0.2) is 36.7 Å². The van der Waals surface area contributed by atoms with Gasteiger partial charge in [-0.15, -0.1) is 11.3 Å². The molecule has 3 rings (SSSR count). The zero-order chi connectivity index (χ0) is 20.5. The summed E-state index contributed by atoms with van der Waals surface area (Å²) in [4.78, 5) is 7.36. The number of imidazole rings is 1. The number of rotatable bonds is 13. The van der Waals surface area contributed by atoms with Crippen molar-refractivity contribution in [2.45, 2.75) is 91.1 Å². The highest BCUT2D eigenvalue weighted by Gasteiger charge is 2.09. The highest BCUT2D eigenvalue weighted by atomic mass is 32.1. The van der Waals surface area contributed by atoms with Gasteiger partial charge >= 0.3 is 0 Å². The van der Waals surface area contributed by atoms with Gasteiger partial charge in [0.05, 0.1) is 11.8 Å². The molecule has 0 unspecified atom stereocenters. The number of fused-ring (bicyclic) bond motifs is 1. The van der Waals surface area contributed by atoms with Crippen molar-refractivity contribution in [1.29, 1.82) is 0 Å². The van der Waals surface area contributed by atoms with E-state index in [0.717, 1.165) is 28.4 Å². The Morgan fingerprint density at radius 1 is 0.931 bits per heavy atom. The molecule has 4 heteroatoms. The third-order valence-electron chi connectivity index (χ3n) is 5.43. The van der Waals surface area contributed by atoms with Gasteiger partial charge in [-0.05, 0) is 56.9 Å². The Hall–Kier alpha value is -1.81. The molecule has 0 amide bonds. The lowest BCUT2D eigenvalue weighted by atomic mass is 10.1. The normalized spacial score (nSPS) is 12.5. The average Bonchev–Trinajstić information content (AvgIpc) is 3.28. The topological polar surface area (TPSA) is 26.5 Å². The molecule has 1 aromatic carbocycles. The molecule has 29 heavy (non-hydrogen) atoms. The molecule has 0 aliphatic heterocycles. The molecule has 0 aliphatic rings. The Kier molecular flexibility index (Phi) is 8.60. The first kappa shape index (κ1) is 21.9. The van der Waals surface area contributed by atoms with E-state index in [0.29, 0.717) is 0 Å². The van der Waals surface area contributed by atoms with E-state index in [1.54, 1.807) is 0 Å². The number of aryl methyl sites for hydroxylation is 1. The zero-order valence-electron chi connectivity index (χ0n) is 18.3. The molecule has 0 fully saturated rings. The van der Waals surface area contributed by atoms with Gasteiger partial charge in [0.25, 0.3) is 0 Å². The van der Waals surface area contributed by atoms with Crippen LogP contribution in [0.4, 0.5) is 0 Å². The van der Waals surface area contributed by atoms with Crippen LogP contribution in [-0.4, -0.2) is 15.5 Å². The largest absolute Gasteiger partial charge is 0.491 e. The van der Waals surface area contributed by atoms with Crippen molar-refractivity contribution in [2.24, 2.45) is 0 Å². The van der Waals surface area contributed by atoms with Crippen LogP contribution in [0.5, 0.6) is 5.75 Å². The standard InChI is InChI=1S/C25H36N2OS/c1-4-6-8-10-12-20(3)28-22-16-14-21(15-17-22)24-19-27-18-23(29-25(27)26-24)13-11-9-7-5-2/h14-20H,4-13H2,1-3H3/t20-/m1/s1. The number of unbranched alkanes of at least 4 members (excludes halogenated alkanes) is 6. The summed E-state index contributed by atoms with van der Waals surface area (Å²) in [6.45, 7) is 6.68. The summed E-state index contributed by atoms with van der Waals surface area (Å²) in [5.74, 6) is 0.951. The number of ether oxygens (including phenoxy) is 1. The Bertz CT molecular complexity index is 818. The molecule has 3 aromatic rings. The first-order valence-electron chi connectivity index (χ1n) is 11.4. The van der Waals surface area contributed by atoms with E-state index < -0.39 is 0 Å². The van der Waals surface area contributed by atoms with Gasteiger partial charge in [0, 0.05) is 22.8 Å². The van der Waals surface area contributed by atoms with Crippen molar-refractivity contribution in [3.8, 4) is 17.0 Å². The van der Waals surface area contributed by atoms with E-state index in [1.165, 1.54) is 62.7 Å². The highest BCUT2D eigenvalue weighted by molar-refractivity contribution is 7.17. The quantitative estimate of drug-likeness (QED) is 0.266. The number of thiazole rings is 1.